The van der Waals surface area contributed by atoms with Gasteiger partial charge < -0.3 is 5.32 Å². The molecule has 1 aliphatic rings. The van der Waals surface area contributed by atoms with Gasteiger partial charge in [0.05, 0.1) is 5.69 Å². The molecular weight excluding hydrogens is 198 g/mol. The minimum Gasteiger partial charge on any atom is -0.313 e. The average Bonchev–Trinajstić information content (AvgIpc) is 2.87. The maximum absolute atomic E-state index is 4.65. The Morgan fingerprint density at radius 1 is 1.44 bits per heavy atom. The number of aromatic nitrogens is 2. The van der Waals surface area contributed by atoms with Gasteiger partial charge in [0.15, 0.2) is 0 Å². The van der Waals surface area contributed by atoms with Gasteiger partial charge in [-0.2, -0.15) is 5.10 Å². The summed E-state index contributed by atoms with van der Waals surface area (Å²) in [5.41, 5.74) is 2.76. The molecule has 3 nitrogen and oxygen atoms in total. The minimum atomic E-state index is 0.722. The Hall–Kier alpha value is -0.830. The van der Waals surface area contributed by atoms with E-state index < -0.39 is 0 Å². The van der Waals surface area contributed by atoms with Crippen LogP contribution in [-0.2, 0) is 13.6 Å². The van der Waals surface area contributed by atoms with E-state index in [1.54, 1.807) is 0 Å². The molecule has 0 radical (unpaired) electrons. The van der Waals surface area contributed by atoms with Gasteiger partial charge >= 0.3 is 0 Å². The number of nitrogens with zero attached hydrogens (tertiary/aromatic N) is 2. The fourth-order valence-corrected chi connectivity index (χ4v) is 2.63. The summed E-state index contributed by atoms with van der Waals surface area (Å²) in [5, 5.41) is 8.12. The van der Waals surface area contributed by atoms with E-state index in [9.17, 15) is 0 Å². The summed E-state index contributed by atoms with van der Waals surface area (Å²) in [6.07, 6.45) is 8.79. The Labute approximate surface area is 98.2 Å². The lowest BCUT2D eigenvalue weighted by atomic mass is 10.0. The van der Waals surface area contributed by atoms with Crippen LogP contribution >= 0.6 is 0 Å². The molecule has 1 saturated carbocycles. The quantitative estimate of drug-likeness (QED) is 0.774. The molecule has 1 aromatic heterocycles. The molecule has 1 aromatic rings. The van der Waals surface area contributed by atoms with Crippen LogP contribution in [0, 0.1) is 0 Å². The van der Waals surface area contributed by atoms with Crippen LogP contribution in [0.4, 0.5) is 0 Å². The van der Waals surface area contributed by atoms with Crippen LogP contribution in [0.5, 0.6) is 0 Å². The fourth-order valence-electron chi connectivity index (χ4n) is 2.63. The standard InChI is InChI=1S/C13H23N3/c1-3-8-14-9-12-10-16(2)15-13(12)11-6-4-5-7-11/h10-11,14H,3-9H2,1-2H3. The smallest absolute Gasteiger partial charge is 0.0700 e. The molecule has 2 rings (SSSR count). The van der Waals surface area contributed by atoms with Crippen LogP contribution in [0.2, 0.25) is 0 Å². The van der Waals surface area contributed by atoms with Crippen molar-refractivity contribution < 1.29 is 0 Å². The number of nitrogens with one attached hydrogen (secondary N) is 1. The molecule has 1 aliphatic carbocycles. The van der Waals surface area contributed by atoms with Crippen molar-refractivity contribution in [2.45, 2.75) is 51.5 Å². The lowest BCUT2D eigenvalue weighted by molar-refractivity contribution is 0.637. The molecule has 1 heterocycles. The molecular formula is C13H23N3. The normalized spacial score (nSPS) is 17.1. The van der Waals surface area contributed by atoms with Gasteiger partial charge in [0.25, 0.3) is 0 Å². The van der Waals surface area contributed by atoms with Crippen molar-refractivity contribution in [1.29, 1.82) is 0 Å². The van der Waals surface area contributed by atoms with E-state index in [4.69, 9.17) is 0 Å². The lowest BCUT2D eigenvalue weighted by Gasteiger charge is -2.09. The summed E-state index contributed by atoms with van der Waals surface area (Å²) >= 11 is 0. The minimum absolute atomic E-state index is 0.722. The highest BCUT2D eigenvalue weighted by atomic mass is 15.3. The van der Waals surface area contributed by atoms with Gasteiger partial charge in [-0.25, -0.2) is 0 Å². The SMILES string of the molecule is CCCNCc1cn(C)nc1C1CCCC1. The van der Waals surface area contributed by atoms with Gasteiger partial charge in [0.2, 0.25) is 0 Å². The second kappa shape index (κ2) is 5.48. The third kappa shape index (κ3) is 2.64. The van der Waals surface area contributed by atoms with Crippen LogP contribution in [0.25, 0.3) is 0 Å². The van der Waals surface area contributed by atoms with Crippen molar-refractivity contribution in [2.75, 3.05) is 6.54 Å². The van der Waals surface area contributed by atoms with Crippen molar-refractivity contribution >= 4 is 0 Å². The van der Waals surface area contributed by atoms with Gasteiger partial charge in [0.1, 0.15) is 0 Å². The van der Waals surface area contributed by atoms with Gasteiger partial charge in [0, 0.05) is 31.3 Å². The first kappa shape index (κ1) is 11.6. The van der Waals surface area contributed by atoms with Gasteiger partial charge in [-0.1, -0.05) is 19.8 Å². The molecule has 1 N–H and O–H groups in total. The van der Waals surface area contributed by atoms with E-state index >= 15 is 0 Å². The zero-order valence-electron chi connectivity index (χ0n) is 10.5. The van der Waals surface area contributed by atoms with E-state index in [1.165, 1.54) is 43.4 Å². The van der Waals surface area contributed by atoms with Crippen LogP contribution in [-0.4, -0.2) is 16.3 Å². The predicted molar refractivity (Wildman–Crippen MR) is 66.4 cm³/mol. The maximum Gasteiger partial charge on any atom is 0.0700 e. The van der Waals surface area contributed by atoms with Crippen molar-refractivity contribution in [3.05, 3.63) is 17.5 Å². The maximum atomic E-state index is 4.65. The Morgan fingerprint density at radius 3 is 2.88 bits per heavy atom. The number of rotatable bonds is 5. The average molecular weight is 221 g/mol. The van der Waals surface area contributed by atoms with Crippen LogP contribution in [0.15, 0.2) is 6.20 Å². The molecule has 0 amide bonds. The molecule has 0 aromatic carbocycles. The molecule has 0 saturated heterocycles. The summed E-state index contributed by atoms with van der Waals surface area (Å²) in [5.74, 6) is 0.722. The molecule has 0 bridgehead atoms. The summed E-state index contributed by atoms with van der Waals surface area (Å²) < 4.78 is 1.97. The van der Waals surface area contributed by atoms with Crippen LogP contribution in [0.1, 0.15) is 56.2 Å². The van der Waals surface area contributed by atoms with E-state index in [2.05, 4.69) is 23.5 Å². The van der Waals surface area contributed by atoms with E-state index in [1.807, 2.05) is 11.7 Å². The Bertz CT molecular complexity index is 324. The predicted octanol–water partition coefficient (Wildman–Crippen LogP) is 2.58. The lowest BCUT2D eigenvalue weighted by Crippen LogP contribution is -2.15. The highest BCUT2D eigenvalue weighted by Crippen LogP contribution is 2.34. The highest BCUT2D eigenvalue weighted by molar-refractivity contribution is 5.21. The number of aryl methyl sites for hydroxylation is 1. The Balaban J connectivity index is 2.04. The molecule has 0 unspecified atom stereocenters. The third-order valence-electron chi connectivity index (χ3n) is 3.42. The zero-order chi connectivity index (χ0) is 11.4. The largest absolute Gasteiger partial charge is 0.313 e. The van der Waals surface area contributed by atoms with E-state index in [0.29, 0.717) is 0 Å². The molecule has 3 heteroatoms. The summed E-state index contributed by atoms with van der Waals surface area (Å²) in [7, 11) is 2.03. The first-order valence-electron chi connectivity index (χ1n) is 6.54. The molecule has 16 heavy (non-hydrogen) atoms. The van der Waals surface area contributed by atoms with Crippen molar-refractivity contribution in [3.8, 4) is 0 Å². The zero-order valence-corrected chi connectivity index (χ0v) is 10.5. The summed E-state index contributed by atoms with van der Waals surface area (Å²) in [6, 6.07) is 0. The second-order valence-corrected chi connectivity index (χ2v) is 4.87. The van der Waals surface area contributed by atoms with Gasteiger partial charge in [-0.3, -0.25) is 4.68 Å². The molecule has 0 atom stereocenters. The Kier molecular flexibility index (Phi) is 3.99. The van der Waals surface area contributed by atoms with Crippen molar-refractivity contribution in [1.82, 2.24) is 15.1 Å². The molecule has 90 valence electrons. The first-order valence-corrected chi connectivity index (χ1v) is 6.54. The van der Waals surface area contributed by atoms with E-state index in [-0.39, 0.29) is 0 Å². The highest BCUT2D eigenvalue weighted by Gasteiger charge is 2.22. The fraction of sp³-hybridized carbons (Fsp3) is 0.769. The number of hydrogen-bond acceptors (Lipinski definition) is 2. The molecule has 1 fully saturated rings. The first-order chi connectivity index (χ1) is 7.81. The Morgan fingerprint density at radius 2 is 2.19 bits per heavy atom. The van der Waals surface area contributed by atoms with Crippen LogP contribution in [0.3, 0.4) is 0 Å². The third-order valence-corrected chi connectivity index (χ3v) is 3.42. The van der Waals surface area contributed by atoms with Crippen molar-refractivity contribution in [3.63, 3.8) is 0 Å². The monoisotopic (exact) mass is 221 g/mol. The van der Waals surface area contributed by atoms with Crippen LogP contribution < -0.4 is 5.32 Å². The second-order valence-electron chi connectivity index (χ2n) is 4.87. The van der Waals surface area contributed by atoms with Gasteiger partial charge in [-0.15, -0.1) is 0 Å². The summed E-state index contributed by atoms with van der Waals surface area (Å²) in [6.45, 7) is 4.28. The summed E-state index contributed by atoms with van der Waals surface area (Å²) in [4.78, 5) is 0. The van der Waals surface area contributed by atoms with Gasteiger partial charge in [-0.05, 0) is 25.8 Å². The topological polar surface area (TPSA) is 29.9 Å². The number of hydrogen-bond donors (Lipinski definition) is 1. The van der Waals surface area contributed by atoms with E-state index in [0.717, 1.165) is 19.0 Å². The van der Waals surface area contributed by atoms with Crippen molar-refractivity contribution in [2.24, 2.45) is 7.05 Å². The molecule has 0 spiro atoms. The molecule has 0 aliphatic heterocycles.